The molecule has 3 aromatic rings. The van der Waals surface area contributed by atoms with Crippen molar-refractivity contribution in [3.63, 3.8) is 0 Å². The summed E-state index contributed by atoms with van der Waals surface area (Å²) in [6.45, 7) is 0.611. The van der Waals surface area contributed by atoms with Crippen molar-refractivity contribution in [1.82, 2.24) is 9.97 Å². The first kappa shape index (κ1) is 14.6. The molecule has 0 amide bonds. The molecule has 0 aliphatic heterocycles. The first-order valence-corrected chi connectivity index (χ1v) is 7.50. The van der Waals surface area contributed by atoms with Crippen LogP contribution in [0, 0.1) is 0 Å². The maximum absolute atomic E-state index is 5.84. The van der Waals surface area contributed by atoms with Gasteiger partial charge in [-0.05, 0) is 43.2 Å². The molecule has 2 aromatic carbocycles. The Hall–Kier alpha value is -2.33. The SMILES string of the molecule is Nc1nc(CCCOc2ccc(Cl)cc2)c2ccccc2n1. The van der Waals surface area contributed by atoms with Crippen molar-refractivity contribution < 1.29 is 4.74 Å². The van der Waals surface area contributed by atoms with Gasteiger partial charge < -0.3 is 10.5 Å². The van der Waals surface area contributed by atoms with Crippen LogP contribution in [0.1, 0.15) is 12.1 Å². The summed E-state index contributed by atoms with van der Waals surface area (Å²) in [6, 6.07) is 15.2. The molecule has 112 valence electrons. The van der Waals surface area contributed by atoms with Gasteiger partial charge in [0.05, 0.1) is 17.8 Å². The molecule has 5 heteroatoms. The van der Waals surface area contributed by atoms with Gasteiger partial charge in [-0.1, -0.05) is 29.8 Å². The number of aryl methyl sites for hydroxylation is 1. The first-order valence-electron chi connectivity index (χ1n) is 7.12. The molecule has 22 heavy (non-hydrogen) atoms. The van der Waals surface area contributed by atoms with Crippen molar-refractivity contribution in [3.8, 4) is 5.75 Å². The number of fused-ring (bicyclic) bond motifs is 1. The summed E-state index contributed by atoms with van der Waals surface area (Å²) in [5.74, 6) is 1.13. The quantitative estimate of drug-likeness (QED) is 0.726. The van der Waals surface area contributed by atoms with Crippen molar-refractivity contribution in [2.75, 3.05) is 12.3 Å². The zero-order valence-electron chi connectivity index (χ0n) is 12.0. The highest BCUT2D eigenvalue weighted by molar-refractivity contribution is 6.30. The second-order valence-corrected chi connectivity index (χ2v) is 5.39. The Balaban J connectivity index is 1.63. The molecule has 1 aromatic heterocycles. The zero-order valence-corrected chi connectivity index (χ0v) is 12.8. The van der Waals surface area contributed by atoms with Gasteiger partial charge in [0.15, 0.2) is 0 Å². The Kier molecular flexibility index (Phi) is 4.39. The lowest BCUT2D eigenvalue weighted by Crippen LogP contribution is -2.04. The van der Waals surface area contributed by atoms with E-state index in [1.165, 1.54) is 0 Å². The monoisotopic (exact) mass is 313 g/mol. The Morgan fingerprint density at radius 1 is 1.00 bits per heavy atom. The molecule has 3 rings (SSSR count). The number of hydrogen-bond donors (Lipinski definition) is 1. The predicted octanol–water partition coefficient (Wildman–Crippen LogP) is 3.88. The third kappa shape index (κ3) is 3.46. The van der Waals surface area contributed by atoms with E-state index in [1.54, 1.807) is 0 Å². The average molecular weight is 314 g/mol. The Labute approximate surface area is 133 Å². The number of nitrogen functional groups attached to an aromatic ring is 1. The normalized spacial score (nSPS) is 10.8. The zero-order chi connectivity index (χ0) is 15.4. The predicted molar refractivity (Wildman–Crippen MR) is 89.2 cm³/mol. The first-order chi connectivity index (χ1) is 10.7. The van der Waals surface area contributed by atoms with E-state index in [4.69, 9.17) is 22.1 Å². The number of nitrogens with zero attached hydrogens (tertiary/aromatic N) is 2. The smallest absolute Gasteiger partial charge is 0.220 e. The van der Waals surface area contributed by atoms with Gasteiger partial charge in [-0.2, -0.15) is 0 Å². The van der Waals surface area contributed by atoms with Crippen LogP contribution in [-0.4, -0.2) is 16.6 Å². The van der Waals surface area contributed by atoms with Crippen molar-refractivity contribution >= 4 is 28.5 Å². The summed E-state index contributed by atoms with van der Waals surface area (Å²) in [4.78, 5) is 8.59. The van der Waals surface area contributed by atoms with Crippen LogP contribution in [0.25, 0.3) is 10.9 Å². The third-order valence-electron chi connectivity index (χ3n) is 3.34. The number of aromatic nitrogens is 2. The van der Waals surface area contributed by atoms with Crippen LogP contribution in [0.4, 0.5) is 5.95 Å². The molecule has 0 saturated heterocycles. The largest absolute Gasteiger partial charge is 0.494 e. The summed E-state index contributed by atoms with van der Waals surface area (Å²) in [5.41, 5.74) is 7.61. The molecular formula is C17H16ClN3O. The Morgan fingerprint density at radius 2 is 1.77 bits per heavy atom. The van der Waals surface area contributed by atoms with Crippen LogP contribution >= 0.6 is 11.6 Å². The topological polar surface area (TPSA) is 61.0 Å². The van der Waals surface area contributed by atoms with Crippen LogP contribution < -0.4 is 10.5 Å². The molecule has 0 radical (unpaired) electrons. The standard InChI is InChI=1S/C17H16ClN3O/c18-12-7-9-13(10-8-12)22-11-3-6-16-14-4-1-2-5-15(14)20-17(19)21-16/h1-2,4-5,7-10H,3,6,11H2,(H2,19,20,21). The minimum Gasteiger partial charge on any atom is -0.494 e. The number of para-hydroxylation sites is 1. The van der Waals surface area contributed by atoms with Crippen molar-refractivity contribution in [1.29, 1.82) is 0 Å². The Bertz CT molecular complexity index is 774. The van der Waals surface area contributed by atoms with Gasteiger partial charge >= 0.3 is 0 Å². The number of anilines is 1. The molecule has 0 atom stereocenters. The lowest BCUT2D eigenvalue weighted by Gasteiger charge is -2.08. The molecule has 0 spiro atoms. The van der Waals surface area contributed by atoms with Crippen LogP contribution in [0.3, 0.4) is 0 Å². The fourth-order valence-electron chi connectivity index (χ4n) is 2.31. The molecular weight excluding hydrogens is 298 g/mol. The van der Waals surface area contributed by atoms with E-state index in [1.807, 2.05) is 48.5 Å². The van der Waals surface area contributed by atoms with Gasteiger partial charge in [-0.25, -0.2) is 9.97 Å². The lowest BCUT2D eigenvalue weighted by molar-refractivity contribution is 0.310. The maximum atomic E-state index is 5.84. The van der Waals surface area contributed by atoms with E-state index in [0.29, 0.717) is 17.6 Å². The molecule has 1 heterocycles. The van der Waals surface area contributed by atoms with Gasteiger partial charge in [0, 0.05) is 10.4 Å². The van der Waals surface area contributed by atoms with Gasteiger partial charge in [-0.3, -0.25) is 0 Å². The van der Waals surface area contributed by atoms with Crippen molar-refractivity contribution in [2.24, 2.45) is 0 Å². The molecule has 0 fully saturated rings. The van der Waals surface area contributed by atoms with Gasteiger partial charge in [0.25, 0.3) is 0 Å². The highest BCUT2D eigenvalue weighted by atomic mass is 35.5. The molecule has 0 aliphatic carbocycles. The number of halogens is 1. The van der Waals surface area contributed by atoms with Crippen LogP contribution in [-0.2, 0) is 6.42 Å². The third-order valence-corrected chi connectivity index (χ3v) is 3.59. The molecule has 0 saturated carbocycles. The average Bonchev–Trinajstić information content (AvgIpc) is 2.53. The van der Waals surface area contributed by atoms with Crippen molar-refractivity contribution in [2.45, 2.75) is 12.8 Å². The maximum Gasteiger partial charge on any atom is 0.220 e. The number of benzene rings is 2. The van der Waals surface area contributed by atoms with E-state index in [0.717, 1.165) is 35.2 Å². The van der Waals surface area contributed by atoms with E-state index in [9.17, 15) is 0 Å². The summed E-state index contributed by atoms with van der Waals surface area (Å²) < 4.78 is 5.69. The second-order valence-electron chi connectivity index (χ2n) is 4.95. The van der Waals surface area contributed by atoms with Crippen LogP contribution in [0.2, 0.25) is 5.02 Å². The fourth-order valence-corrected chi connectivity index (χ4v) is 2.44. The summed E-state index contributed by atoms with van der Waals surface area (Å²) in [6.07, 6.45) is 1.64. The van der Waals surface area contributed by atoms with E-state index >= 15 is 0 Å². The molecule has 0 bridgehead atoms. The number of rotatable bonds is 5. The van der Waals surface area contributed by atoms with E-state index in [-0.39, 0.29) is 0 Å². The van der Waals surface area contributed by atoms with E-state index < -0.39 is 0 Å². The van der Waals surface area contributed by atoms with Gasteiger partial charge in [0.1, 0.15) is 5.75 Å². The summed E-state index contributed by atoms with van der Waals surface area (Å²) in [5, 5.41) is 1.75. The second kappa shape index (κ2) is 6.62. The summed E-state index contributed by atoms with van der Waals surface area (Å²) >= 11 is 5.84. The lowest BCUT2D eigenvalue weighted by atomic mass is 10.1. The van der Waals surface area contributed by atoms with Crippen molar-refractivity contribution in [3.05, 3.63) is 59.2 Å². The van der Waals surface area contributed by atoms with Gasteiger partial charge in [-0.15, -0.1) is 0 Å². The molecule has 0 aliphatic rings. The van der Waals surface area contributed by atoms with Crippen LogP contribution in [0.15, 0.2) is 48.5 Å². The summed E-state index contributed by atoms with van der Waals surface area (Å²) in [7, 11) is 0. The van der Waals surface area contributed by atoms with E-state index in [2.05, 4.69) is 9.97 Å². The molecule has 2 N–H and O–H groups in total. The molecule has 4 nitrogen and oxygen atoms in total. The highest BCUT2D eigenvalue weighted by Gasteiger charge is 2.05. The minimum atomic E-state index is 0.312. The Morgan fingerprint density at radius 3 is 2.59 bits per heavy atom. The van der Waals surface area contributed by atoms with Gasteiger partial charge in [0.2, 0.25) is 5.95 Å². The highest BCUT2D eigenvalue weighted by Crippen LogP contribution is 2.19. The number of ether oxygens (including phenoxy) is 1. The number of nitrogens with two attached hydrogens (primary N) is 1. The minimum absolute atomic E-state index is 0.312. The fraction of sp³-hybridized carbons (Fsp3) is 0.176. The molecule has 0 unspecified atom stereocenters. The van der Waals surface area contributed by atoms with Crippen LogP contribution in [0.5, 0.6) is 5.75 Å². The number of hydrogen-bond acceptors (Lipinski definition) is 4.